The molecule has 0 radical (unpaired) electrons. The number of hydrogen-bond donors (Lipinski definition) is 2. The van der Waals surface area contributed by atoms with E-state index in [0.29, 0.717) is 5.56 Å². The lowest BCUT2D eigenvalue weighted by Gasteiger charge is -2.15. The molecule has 0 fully saturated rings. The van der Waals surface area contributed by atoms with Gasteiger partial charge in [0.1, 0.15) is 17.8 Å². The third-order valence-electron chi connectivity index (χ3n) is 4.70. The maximum absolute atomic E-state index is 11.6. The topological polar surface area (TPSA) is 79.9 Å². The first-order valence-corrected chi connectivity index (χ1v) is 8.99. The van der Waals surface area contributed by atoms with E-state index in [2.05, 4.69) is 39.3 Å². The van der Waals surface area contributed by atoms with Gasteiger partial charge in [0.05, 0.1) is 18.1 Å². The summed E-state index contributed by atoms with van der Waals surface area (Å²) in [6, 6.07) is 19.6. The van der Waals surface area contributed by atoms with Crippen LogP contribution in [0.4, 0.5) is 5.82 Å². The van der Waals surface area contributed by atoms with Crippen molar-refractivity contribution in [2.75, 3.05) is 12.4 Å². The molecule has 0 spiro atoms. The minimum atomic E-state index is -0.351. The molecular weight excluding hydrogens is 352 g/mol. The molecule has 6 nitrogen and oxygen atoms in total. The molecule has 1 unspecified atom stereocenters. The number of aromatic amines is 1. The summed E-state index contributed by atoms with van der Waals surface area (Å²) in [4.78, 5) is 23.7. The third kappa shape index (κ3) is 3.44. The van der Waals surface area contributed by atoms with E-state index in [1.54, 1.807) is 18.5 Å². The summed E-state index contributed by atoms with van der Waals surface area (Å²) in [5.41, 5.74) is 4.31. The third-order valence-corrected chi connectivity index (χ3v) is 4.70. The molecular formula is C22H20N4O2. The summed E-state index contributed by atoms with van der Waals surface area (Å²) in [6.45, 7) is 2.10. The number of fused-ring (bicyclic) bond motifs is 1. The lowest BCUT2D eigenvalue weighted by atomic mass is 10.1. The van der Waals surface area contributed by atoms with Crippen LogP contribution in [0.15, 0.2) is 67.0 Å². The smallest absolute Gasteiger partial charge is 0.337 e. The van der Waals surface area contributed by atoms with Crippen LogP contribution < -0.4 is 5.32 Å². The lowest BCUT2D eigenvalue weighted by molar-refractivity contribution is 0.0601. The molecule has 140 valence electrons. The number of ether oxygens (including phenoxy) is 1. The molecule has 0 bridgehead atoms. The van der Waals surface area contributed by atoms with Gasteiger partial charge in [0.25, 0.3) is 0 Å². The van der Waals surface area contributed by atoms with Crippen LogP contribution in [0.1, 0.15) is 28.9 Å². The summed E-state index contributed by atoms with van der Waals surface area (Å²) >= 11 is 0. The number of hydrogen-bond acceptors (Lipinski definition) is 5. The van der Waals surface area contributed by atoms with Gasteiger partial charge in [-0.15, -0.1) is 0 Å². The Morgan fingerprint density at radius 2 is 1.82 bits per heavy atom. The maximum Gasteiger partial charge on any atom is 0.337 e. The second-order valence-electron chi connectivity index (χ2n) is 6.51. The van der Waals surface area contributed by atoms with Crippen LogP contribution in [0.5, 0.6) is 0 Å². The molecule has 2 N–H and O–H groups in total. The van der Waals surface area contributed by atoms with Crippen LogP contribution in [0.2, 0.25) is 0 Å². The quantitative estimate of drug-likeness (QED) is 0.501. The molecule has 0 amide bonds. The van der Waals surface area contributed by atoms with Crippen molar-refractivity contribution in [2.45, 2.75) is 13.0 Å². The average Bonchev–Trinajstić information content (AvgIpc) is 3.19. The van der Waals surface area contributed by atoms with E-state index in [4.69, 9.17) is 4.74 Å². The van der Waals surface area contributed by atoms with Gasteiger partial charge < -0.3 is 15.0 Å². The molecule has 6 heteroatoms. The normalized spacial score (nSPS) is 11.9. The zero-order valence-electron chi connectivity index (χ0n) is 15.6. The fraction of sp³-hybridized carbons (Fsp3) is 0.136. The van der Waals surface area contributed by atoms with Crippen LogP contribution >= 0.6 is 0 Å². The van der Waals surface area contributed by atoms with E-state index in [-0.39, 0.29) is 12.0 Å². The molecule has 4 aromatic rings. The number of nitrogens with zero attached hydrogens (tertiary/aromatic N) is 2. The number of aromatic nitrogens is 3. The largest absolute Gasteiger partial charge is 0.465 e. The van der Waals surface area contributed by atoms with Gasteiger partial charge in [0.15, 0.2) is 0 Å². The van der Waals surface area contributed by atoms with E-state index < -0.39 is 0 Å². The monoisotopic (exact) mass is 372 g/mol. The van der Waals surface area contributed by atoms with Gasteiger partial charge in [-0.2, -0.15) is 0 Å². The Morgan fingerprint density at radius 1 is 1.07 bits per heavy atom. The van der Waals surface area contributed by atoms with Gasteiger partial charge in [-0.25, -0.2) is 14.8 Å². The Labute approximate surface area is 162 Å². The molecule has 1 atom stereocenters. The lowest BCUT2D eigenvalue weighted by Crippen LogP contribution is -2.08. The van der Waals surface area contributed by atoms with E-state index in [1.807, 2.05) is 36.4 Å². The van der Waals surface area contributed by atoms with Crippen molar-refractivity contribution in [3.63, 3.8) is 0 Å². The first kappa shape index (κ1) is 17.7. The van der Waals surface area contributed by atoms with Gasteiger partial charge in [0.2, 0.25) is 0 Å². The number of methoxy groups -OCH3 is 1. The van der Waals surface area contributed by atoms with Gasteiger partial charge in [-0.1, -0.05) is 42.5 Å². The molecule has 0 aliphatic rings. The Morgan fingerprint density at radius 3 is 2.54 bits per heavy atom. The number of anilines is 1. The number of benzene rings is 2. The van der Waals surface area contributed by atoms with Gasteiger partial charge in [0, 0.05) is 11.7 Å². The number of carbonyl (C=O) groups excluding carboxylic acids is 1. The van der Waals surface area contributed by atoms with E-state index >= 15 is 0 Å². The molecule has 0 saturated heterocycles. The van der Waals surface area contributed by atoms with Crippen molar-refractivity contribution >= 4 is 22.8 Å². The summed E-state index contributed by atoms with van der Waals surface area (Å²) in [5.74, 6) is 0.422. The maximum atomic E-state index is 11.6. The molecule has 2 aromatic carbocycles. The van der Waals surface area contributed by atoms with E-state index in [0.717, 1.165) is 28.1 Å². The van der Waals surface area contributed by atoms with Crippen LogP contribution in [0.3, 0.4) is 0 Å². The minimum absolute atomic E-state index is 0.108. The highest BCUT2D eigenvalue weighted by Crippen LogP contribution is 2.29. The fourth-order valence-corrected chi connectivity index (χ4v) is 3.14. The molecule has 2 heterocycles. The SMILES string of the molecule is COC(=O)c1ccc(-c2cc3c(NC(C)c4ccccc4)ncnc3[nH]2)cc1. The van der Waals surface area contributed by atoms with Crippen LogP contribution in [0.25, 0.3) is 22.3 Å². The number of H-pyrrole nitrogens is 1. The van der Waals surface area contributed by atoms with Crippen LogP contribution in [-0.4, -0.2) is 28.0 Å². The number of rotatable bonds is 5. The summed E-state index contributed by atoms with van der Waals surface area (Å²) in [5, 5.41) is 4.38. The summed E-state index contributed by atoms with van der Waals surface area (Å²) < 4.78 is 4.75. The molecule has 4 rings (SSSR count). The van der Waals surface area contributed by atoms with Gasteiger partial charge in [-0.3, -0.25) is 0 Å². The van der Waals surface area contributed by atoms with E-state index in [9.17, 15) is 4.79 Å². The number of carbonyl (C=O) groups is 1. The summed E-state index contributed by atoms with van der Waals surface area (Å²) in [6.07, 6.45) is 1.54. The zero-order chi connectivity index (χ0) is 19.5. The van der Waals surface area contributed by atoms with Gasteiger partial charge in [-0.05, 0) is 36.2 Å². The van der Waals surface area contributed by atoms with E-state index in [1.165, 1.54) is 12.7 Å². The molecule has 0 aliphatic heterocycles. The predicted molar refractivity (Wildman–Crippen MR) is 109 cm³/mol. The highest BCUT2D eigenvalue weighted by molar-refractivity contribution is 5.93. The van der Waals surface area contributed by atoms with Crippen LogP contribution in [0, 0.1) is 0 Å². The summed E-state index contributed by atoms with van der Waals surface area (Å²) in [7, 11) is 1.37. The molecule has 28 heavy (non-hydrogen) atoms. The Bertz CT molecular complexity index is 1100. The Balaban J connectivity index is 1.64. The van der Waals surface area contributed by atoms with Crippen molar-refractivity contribution in [2.24, 2.45) is 0 Å². The zero-order valence-corrected chi connectivity index (χ0v) is 15.6. The fourth-order valence-electron chi connectivity index (χ4n) is 3.14. The highest BCUT2D eigenvalue weighted by atomic mass is 16.5. The van der Waals surface area contributed by atoms with Crippen molar-refractivity contribution in [3.05, 3.63) is 78.1 Å². The van der Waals surface area contributed by atoms with Crippen molar-refractivity contribution in [1.29, 1.82) is 0 Å². The first-order chi connectivity index (χ1) is 13.7. The first-order valence-electron chi connectivity index (χ1n) is 8.99. The molecule has 2 aromatic heterocycles. The Kier molecular flexibility index (Phi) is 4.76. The average molecular weight is 372 g/mol. The molecule has 0 saturated carbocycles. The highest BCUT2D eigenvalue weighted by Gasteiger charge is 2.13. The second-order valence-corrected chi connectivity index (χ2v) is 6.51. The van der Waals surface area contributed by atoms with Crippen molar-refractivity contribution in [1.82, 2.24) is 15.0 Å². The minimum Gasteiger partial charge on any atom is -0.465 e. The van der Waals surface area contributed by atoms with Gasteiger partial charge >= 0.3 is 5.97 Å². The number of nitrogens with one attached hydrogen (secondary N) is 2. The van der Waals surface area contributed by atoms with Crippen molar-refractivity contribution < 1.29 is 9.53 Å². The van der Waals surface area contributed by atoms with Crippen LogP contribution in [-0.2, 0) is 4.74 Å². The number of esters is 1. The van der Waals surface area contributed by atoms with Crippen molar-refractivity contribution in [3.8, 4) is 11.3 Å². The Hall–Kier alpha value is -3.67. The molecule has 0 aliphatic carbocycles. The second kappa shape index (κ2) is 7.52. The standard InChI is InChI=1S/C22H20N4O2/c1-14(15-6-4-3-5-7-15)25-20-18-12-19(26-21(18)24-13-23-20)16-8-10-17(11-9-16)22(27)28-2/h3-14H,1-2H3,(H2,23,24,25,26). The predicted octanol–water partition coefficient (Wildman–Crippen LogP) is 4.58.